The van der Waals surface area contributed by atoms with E-state index in [2.05, 4.69) is 24.5 Å². The van der Waals surface area contributed by atoms with Crippen LogP contribution in [0.4, 0.5) is 0 Å². The molecule has 0 rings (SSSR count). The van der Waals surface area contributed by atoms with Crippen molar-refractivity contribution < 1.29 is 28.7 Å². The van der Waals surface area contributed by atoms with Gasteiger partial charge in [-0.25, -0.2) is 9.59 Å². The molecule has 0 aliphatic rings. The maximum absolute atomic E-state index is 12.8. The predicted octanol–water partition coefficient (Wildman–Crippen LogP) is 6.63. The molecule has 40 heavy (non-hydrogen) atoms. The first-order chi connectivity index (χ1) is 19.0. The lowest BCUT2D eigenvalue weighted by Crippen LogP contribution is -2.44. The number of carbonyl (C=O) groups excluding carboxylic acids is 4. The van der Waals surface area contributed by atoms with Crippen molar-refractivity contribution in [2.45, 2.75) is 163 Å². The third kappa shape index (κ3) is 20.7. The summed E-state index contributed by atoms with van der Waals surface area (Å²) in [4.78, 5) is 50.4. The van der Waals surface area contributed by atoms with Crippen molar-refractivity contribution in [3.05, 3.63) is 0 Å². The van der Waals surface area contributed by atoms with E-state index in [4.69, 9.17) is 9.47 Å². The van der Waals surface area contributed by atoms with E-state index in [0.717, 1.165) is 51.4 Å². The minimum atomic E-state index is -0.694. The van der Waals surface area contributed by atoms with Crippen molar-refractivity contribution in [2.75, 3.05) is 6.61 Å². The standard InChI is InChI=1S/C32H60N2O6/c1-8-10-12-14-16-18-29(35)33-27(22-24(3)4)31(37)39-21-20-26(7)40-32(38)28(23-25(5)6)34-30(36)19-17-15-13-11-9-2/h24-28H,8-23H2,1-7H3,(H,33,35)(H,34,36). The highest BCUT2D eigenvalue weighted by Crippen LogP contribution is 2.12. The van der Waals surface area contributed by atoms with Gasteiger partial charge < -0.3 is 20.1 Å². The topological polar surface area (TPSA) is 111 Å². The van der Waals surface area contributed by atoms with Crippen molar-refractivity contribution in [1.82, 2.24) is 10.6 Å². The second-order valence-electron chi connectivity index (χ2n) is 12.0. The van der Waals surface area contributed by atoms with Crippen LogP contribution in [-0.4, -0.2) is 48.5 Å². The molecule has 8 nitrogen and oxygen atoms in total. The van der Waals surface area contributed by atoms with Crippen LogP contribution >= 0.6 is 0 Å². The Bertz CT molecular complexity index is 710. The number of ether oxygens (including phenoxy) is 2. The third-order valence-electron chi connectivity index (χ3n) is 6.75. The number of rotatable bonds is 24. The van der Waals surface area contributed by atoms with Crippen LogP contribution in [-0.2, 0) is 28.7 Å². The van der Waals surface area contributed by atoms with E-state index >= 15 is 0 Å². The number of esters is 2. The maximum atomic E-state index is 12.8. The maximum Gasteiger partial charge on any atom is 0.328 e. The molecule has 0 aliphatic heterocycles. The van der Waals surface area contributed by atoms with Crippen LogP contribution in [0.2, 0.25) is 0 Å². The average Bonchev–Trinajstić information content (AvgIpc) is 2.87. The Morgan fingerprint density at radius 2 is 1.02 bits per heavy atom. The van der Waals surface area contributed by atoms with Gasteiger partial charge in [-0.3, -0.25) is 9.59 Å². The van der Waals surface area contributed by atoms with E-state index in [1.807, 2.05) is 27.7 Å². The van der Waals surface area contributed by atoms with Gasteiger partial charge in [0.25, 0.3) is 0 Å². The molecule has 0 aliphatic carbocycles. The largest absolute Gasteiger partial charge is 0.464 e. The van der Waals surface area contributed by atoms with Gasteiger partial charge in [-0.2, -0.15) is 0 Å². The Morgan fingerprint density at radius 1 is 0.600 bits per heavy atom. The summed E-state index contributed by atoms with van der Waals surface area (Å²) in [5, 5.41) is 5.70. The van der Waals surface area contributed by atoms with Gasteiger partial charge in [0.15, 0.2) is 0 Å². The van der Waals surface area contributed by atoms with Gasteiger partial charge in [0.2, 0.25) is 11.8 Å². The Balaban J connectivity index is 4.66. The number of unbranched alkanes of at least 4 members (excludes halogenated alkanes) is 8. The lowest BCUT2D eigenvalue weighted by atomic mass is 10.0. The van der Waals surface area contributed by atoms with Gasteiger partial charge in [-0.05, 0) is 44.4 Å². The van der Waals surface area contributed by atoms with Gasteiger partial charge >= 0.3 is 11.9 Å². The average molecular weight is 569 g/mol. The molecule has 0 bridgehead atoms. The molecule has 0 aromatic carbocycles. The van der Waals surface area contributed by atoms with E-state index in [9.17, 15) is 19.2 Å². The van der Waals surface area contributed by atoms with Crippen LogP contribution in [0.5, 0.6) is 0 Å². The highest BCUT2D eigenvalue weighted by molar-refractivity contribution is 5.85. The summed E-state index contributed by atoms with van der Waals surface area (Å²) in [6.45, 7) is 14.1. The first-order valence-corrected chi connectivity index (χ1v) is 16.0. The number of nitrogens with one attached hydrogen (secondary N) is 2. The lowest BCUT2D eigenvalue weighted by molar-refractivity contribution is -0.155. The fraction of sp³-hybridized carbons (Fsp3) is 0.875. The summed E-state index contributed by atoms with van der Waals surface area (Å²) in [5.41, 5.74) is 0. The van der Waals surface area contributed by atoms with Gasteiger partial charge in [0.1, 0.15) is 18.2 Å². The number of hydrogen-bond acceptors (Lipinski definition) is 6. The van der Waals surface area contributed by atoms with E-state index < -0.39 is 30.1 Å². The fourth-order valence-corrected chi connectivity index (χ4v) is 4.45. The second kappa shape index (κ2) is 23.6. The molecule has 0 saturated carbocycles. The van der Waals surface area contributed by atoms with Crippen LogP contribution in [0.15, 0.2) is 0 Å². The van der Waals surface area contributed by atoms with Crippen LogP contribution in [0.1, 0.15) is 145 Å². The van der Waals surface area contributed by atoms with E-state index in [1.54, 1.807) is 6.92 Å². The summed E-state index contributed by atoms with van der Waals surface area (Å²) in [6, 6.07) is -1.38. The smallest absolute Gasteiger partial charge is 0.328 e. The Hall–Kier alpha value is -2.12. The fourth-order valence-electron chi connectivity index (χ4n) is 4.45. The Kier molecular flexibility index (Phi) is 22.3. The molecule has 2 amide bonds. The first-order valence-electron chi connectivity index (χ1n) is 16.0. The SMILES string of the molecule is CCCCCCCC(=O)NC(CC(C)C)C(=O)OCCC(C)OC(=O)C(CC(C)C)NC(=O)CCCCCCC. The molecule has 3 atom stereocenters. The third-order valence-corrected chi connectivity index (χ3v) is 6.75. The van der Waals surface area contributed by atoms with Crippen LogP contribution in [0.25, 0.3) is 0 Å². The molecule has 0 fully saturated rings. The zero-order valence-corrected chi connectivity index (χ0v) is 26.6. The van der Waals surface area contributed by atoms with Gasteiger partial charge in [-0.15, -0.1) is 0 Å². The molecule has 0 radical (unpaired) electrons. The van der Waals surface area contributed by atoms with E-state index in [1.165, 1.54) is 12.8 Å². The van der Waals surface area contributed by atoms with Crippen LogP contribution in [0, 0.1) is 11.8 Å². The quantitative estimate of drug-likeness (QED) is 0.0998. The monoisotopic (exact) mass is 568 g/mol. The summed E-state index contributed by atoms with van der Waals surface area (Å²) >= 11 is 0. The zero-order valence-electron chi connectivity index (χ0n) is 26.6. The molecule has 0 heterocycles. The van der Waals surface area contributed by atoms with Crippen LogP contribution < -0.4 is 10.6 Å². The molecule has 0 aromatic rings. The summed E-state index contributed by atoms with van der Waals surface area (Å²) < 4.78 is 11.1. The van der Waals surface area contributed by atoms with Crippen molar-refractivity contribution >= 4 is 23.8 Å². The summed E-state index contributed by atoms with van der Waals surface area (Å²) in [5.74, 6) is -0.749. The second-order valence-corrected chi connectivity index (χ2v) is 12.0. The molecule has 3 unspecified atom stereocenters. The van der Waals surface area contributed by atoms with Crippen molar-refractivity contribution in [3.63, 3.8) is 0 Å². The van der Waals surface area contributed by atoms with Crippen molar-refractivity contribution in [2.24, 2.45) is 11.8 Å². The molecule has 0 saturated heterocycles. The highest BCUT2D eigenvalue weighted by Gasteiger charge is 2.26. The molecular formula is C32H60N2O6. The first kappa shape index (κ1) is 37.9. The molecule has 8 heteroatoms. The van der Waals surface area contributed by atoms with Crippen LogP contribution in [0.3, 0.4) is 0 Å². The van der Waals surface area contributed by atoms with Crippen molar-refractivity contribution in [1.29, 1.82) is 0 Å². The van der Waals surface area contributed by atoms with Gasteiger partial charge in [-0.1, -0.05) is 92.9 Å². The Morgan fingerprint density at radius 3 is 1.45 bits per heavy atom. The molecule has 0 spiro atoms. The minimum Gasteiger partial charge on any atom is -0.464 e. The molecule has 234 valence electrons. The van der Waals surface area contributed by atoms with Gasteiger partial charge in [0, 0.05) is 19.3 Å². The van der Waals surface area contributed by atoms with E-state index in [-0.39, 0.29) is 30.3 Å². The molecule has 0 aromatic heterocycles. The van der Waals surface area contributed by atoms with Crippen molar-refractivity contribution in [3.8, 4) is 0 Å². The van der Waals surface area contributed by atoms with Gasteiger partial charge in [0.05, 0.1) is 6.61 Å². The lowest BCUT2D eigenvalue weighted by Gasteiger charge is -2.23. The molecule has 2 N–H and O–H groups in total. The molecular weight excluding hydrogens is 508 g/mol. The Labute approximate surface area is 244 Å². The number of amides is 2. The zero-order chi connectivity index (χ0) is 30.3. The summed E-state index contributed by atoms with van der Waals surface area (Å²) in [6.07, 6.45) is 12.2. The highest BCUT2D eigenvalue weighted by atomic mass is 16.6. The number of hydrogen-bond donors (Lipinski definition) is 2. The predicted molar refractivity (Wildman–Crippen MR) is 161 cm³/mol. The summed E-state index contributed by atoms with van der Waals surface area (Å²) in [7, 11) is 0. The minimum absolute atomic E-state index is 0.0771. The normalized spacial score (nSPS) is 13.5. The van der Waals surface area contributed by atoms with E-state index in [0.29, 0.717) is 32.1 Å². The number of carbonyl (C=O) groups is 4.